The maximum Gasteiger partial charge on any atom is 0.238 e. The number of primary sulfonamides is 1. The van der Waals surface area contributed by atoms with Gasteiger partial charge in [-0.15, -0.1) is 0 Å². The van der Waals surface area contributed by atoms with Crippen molar-refractivity contribution in [3.8, 4) is 11.5 Å². The molecule has 0 aliphatic heterocycles. The molecular formula is C18H22N2O5S. The van der Waals surface area contributed by atoms with Gasteiger partial charge in [-0.05, 0) is 30.7 Å². The van der Waals surface area contributed by atoms with Gasteiger partial charge >= 0.3 is 0 Å². The monoisotopic (exact) mass is 378 g/mol. The Morgan fingerprint density at radius 3 is 2.31 bits per heavy atom. The predicted octanol–water partition coefficient (Wildman–Crippen LogP) is 1.77. The number of sulfonamides is 1. The van der Waals surface area contributed by atoms with Crippen LogP contribution in [0.1, 0.15) is 24.1 Å². The van der Waals surface area contributed by atoms with Gasteiger partial charge in [-0.3, -0.25) is 4.79 Å². The van der Waals surface area contributed by atoms with Crippen molar-refractivity contribution in [1.82, 2.24) is 5.32 Å². The number of methoxy groups -OCH3 is 2. The third-order valence-electron chi connectivity index (χ3n) is 3.93. The van der Waals surface area contributed by atoms with Crippen molar-refractivity contribution in [3.05, 3.63) is 53.6 Å². The highest BCUT2D eigenvalue weighted by Crippen LogP contribution is 2.25. The molecule has 2 rings (SSSR count). The number of benzene rings is 2. The van der Waals surface area contributed by atoms with E-state index in [4.69, 9.17) is 14.6 Å². The molecule has 0 saturated carbocycles. The Balaban J connectivity index is 2.05. The molecule has 0 fully saturated rings. The second-order valence-corrected chi connectivity index (χ2v) is 7.32. The molecule has 0 bridgehead atoms. The fraction of sp³-hybridized carbons (Fsp3) is 0.278. The van der Waals surface area contributed by atoms with Crippen molar-refractivity contribution < 1.29 is 22.7 Å². The maximum absolute atomic E-state index is 12.3. The van der Waals surface area contributed by atoms with Crippen LogP contribution in [0, 0.1) is 0 Å². The van der Waals surface area contributed by atoms with Gasteiger partial charge in [0.2, 0.25) is 15.9 Å². The zero-order valence-electron chi connectivity index (χ0n) is 14.9. The summed E-state index contributed by atoms with van der Waals surface area (Å²) in [5, 5.41) is 7.96. The van der Waals surface area contributed by atoms with Gasteiger partial charge in [0.25, 0.3) is 0 Å². The molecule has 1 unspecified atom stereocenters. The summed E-state index contributed by atoms with van der Waals surface area (Å²) in [6.07, 6.45) is 0.146. The fourth-order valence-electron chi connectivity index (χ4n) is 2.49. The number of amides is 1. The van der Waals surface area contributed by atoms with Crippen molar-refractivity contribution >= 4 is 15.9 Å². The molecule has 0 aliphatic carbocycles. The Kier molecular flexibility index (Phi) is 6.23. The van der Waals surface area contributed by atoms with E-state index in [0.29, 0.717) is 11.5 Å². The first-order chi connectivity index (χ1) is 12.2. The van der Waals surface area contributed by atoms with Gasteiger partial charge in [0.15, 0.2) is 0 Å². The number of rotatable bonds is 7. The minimum atomic E-state index is -3.73. The minimum absolute atomic E-state index is 0.0303. The molecule has 0 aliphatic rings. The van der Waals surface area contributed by atoms with Crippen LogP contribution in [-0.2, 0) is 21.2 Å². The highest BCUT2D eigenvalue weighted by atomic mass is 32.2. The first kappa shape index (κ1) is 19.7. The summed E-state index contributed by atoms with van der Waals surface area (Å²) in [6, 6.07) is 11.1. The zero-order chi connectivity index (χ0) is 19.3. The second-order valence-electron chi connectivity index (χ2n) is 5.76. The van der Waals surface area contributed by atoms with Gasteiger partial charge in [-0.2, -0.15) is 0 Å². The summed E-state index contributed by atoms with van der Waals surface area (Å²) in [7, 11) is -0.641. The minimum Gasteiger partial charge on any atom is -0.497 e. The summed E-state index contributed by atoms with van der Waals surface area (Å²) in [5.41, 5.74) is 1.51. The Morgan fingerprint density at radius 2 is 1.77 bits per heavy atom. The van der Waals surface area contributed by atoms with Gasteiger partial charge < -0.3 is 14.8 Å². The van der Waals surface area contributed by atoms with Crippen molar-refractivity contribution in [3.63, 3.8) is 0 Å². The van der Waals surface area contributed by atoms with E-state index in [1.165, 1.54) is 19.2 Å². The van der Waals surface area contributed by atoms with E-state index in [2.05, 4.69) is 5.32 Å². The van der Waals surface area contributed by atoms with Crippen LogP contribution in [-0.4, -0.2) is 28.5 Å². The molecule has 26 heavy (non-hydrogen) atoms. The topological polar surface area (TPSA) is 108 Å². The smallest absolute Gasteiger partial charge is 0.238 e. The third kappa shape index (κ3) is 4.96. The van der Waals surface area contributed by atoms with Crippen LogP contribution in [0.25, 0.3) is 0 Å². The van der Waals surface area contributed by atoms with Crippen molar-refractivity contribution in [2.75, 3.05) is 14.2 Å². The van der Waals surface area contributed by atoms with Crippen LogP contribution in [0.3, 0.4) is 0 Å². The first-order valence-corrected chi connectivity index (χ1v) is 9.42. The van der Waals surface area contributed by atoms with Crippen LogP contribution in [0.15, 0.2) is 47.4 Å². The normalized spacial score (nSPS) is 12.3. The Hall–Kier alpha value is -2.58. The molecule has 1 atom stereocenters. The SMILES string of the molecule is COc1ccc(CC(=O)NC(C)c2ccc(S(N)(=O)=O)cc2)c(OC)c1. The predicted molar refractivity (Wildman–Crippen MR) is 97.6 cm³/mol. The van der Waals surface area contributed by atoms with E-state index in [1.807, 2.05) is 6.92 Å². The molecule has 0 heterocycles. The van der Waals surface area contributed by atoms with Crippen LogP contribution in [0.2, 0.25) is 0 Å². The molecule has 1 amide bonds. The largest absolute Gasteiger partial charge is 0.497 e. The first-order valence-electron chi connectivity index (χ1n) is 7.87. The van der Waals surface area contributed by atoms with Crippen molar-refractivity contribution in [1.29, 1.82) is 0 Å². The number of nitrogens with two attached hydrogens (primary N) is 1. The number of hydrogen-bond donors (Lipinski definition) is 2. The van der Waals surface area contributed by atoms with E-state index in [1.54, 1.807) is 37.4 Å². The van der Waals surface area contributed by atoms with Crippen molar-refractivity contribution in [2.45, 2.75) is 24.3 Å². The van der Waals surface area contributed by atoms with Crippen molar-refractivity contribution in [2.24, 2.45) is 5.14 Å². The third-order valence-corrected chi connectivity index (χ3v) is 4.86. The van der Waals surface area contributed by atoms with Crippen LogP contribution < -0.4 is 19.9 Å². The lowest BCUT2D eigenvalue weighted by Gasteiger charge is -2.16. The average molecular weight is 378 g/mol. The summed E-state index contributed by atoms with van der Waals surface area (Å²) in [6.45, 7) is 1.81. The molecule has 0 saturated heterocycles. The maximum atomic E-state index is 12.3. The van der Waals surface area contributed by atoms with E-state index >= 15 is 0 Å². The van der Waals surface area contributed by atoms with Gasteiger partial charge in [-0.25, -0.2) is 13.6 Å². The Morgan fingerprint density at radius 1 is 1.12 bits per heavy atom. The summed E-state index contributed by atoms with van der Waals surface area (Å²) >= 11 is 0. The molecular weight excluding hydrogens is 356 g/mol. The van der Waals surface area contributed by atoms with Gasteiger partial charge in [0.1, 0.15) is 11.5 Å². The molecule has 7 nitrogen and oxygen atoms in total. The number of hydrogen-bond acceptors (Lipinski definition) is 5. The second kappa shape index (κ2) is 8.20. The molecule has 2 aromatic carbocycles. The van der Waals surface area contributed by atoms with Crippen LogP contribution >= 0.6 is 0 Å². The number of carbonyl (C=O) groups excluding carboxylic acids is 1. The van der Waals surface area contributed by atoms with Gasteiger partial charge in [-0.1, -0.05) is 18.2 Å². The molecule has 0 spiro atoms. The van der Waals surface area contributed by atoms with E-state index in [-0.39, 0.29) is 23.3 Å². The van der Waals surface area contributed by atoms with E-state index in [9.17, 15) is 13.2 Å². The average Bonchev–Trinajstić information content (AvgIpc) is 2.61. The fourth-order valence-corrected chi connectivity index (χ4v) is 3.01. The van der Waals surface area contributed by atoms with Gasteiger partial charge in [0, 0.05) is 11.6 Å². The molecule has 0 radical (unpaired) electrons. The van der Waals surface area contributed by atoms with E-state index < -0.39 is 10.0 Å². The molecule has 2 aromatic rings. The summed E-state index contributed by atoms with van der Waals surface area (Å²) in [5.74, 6) is 1.04. The molecule has 8 heteroatoms. The quantitative estimate of drug-likeness (QED) is 0.763. The number of nitrogens with one attached hydrogen (secondary N) is 1. The Bertz CT molecular complexity index is 879. The lowest BCUT2D eigenvalue weighted by molar-refractivity contribution is -0.121. The lowest BCUT2D eigenvalue weighted by atomic mass is 10.1. The Labute approximate surface area is 153 Å². The van der Waals surface area contributed by atoms with Crippen LogP contribution in [0.5, 0.6) is 11.5 Å². The zero-order valence-corrected chi connectivity index (χ0v) is 15.7. The summed E-state index contributed by atoms with van der Waals surface area (Å²) in [4.78, 5) is 12.4. The summed E-state index contributed by atoms with van der Waals surface area (Å²) < 4.78 is 33.0. The standard InChI is InChI=1S/C18H22N2O5S/c1-12(13-5-8-16(9-6-13)26(19,22)23)20-18(21)10-14-4-7-15(24-2)11-17(14)25-3/h4-9,11-12H,10H2,1-3H3,(H,20,21)(H2,19,22,23). The molecule has 140 valence electrons. The van der Waals surface area contributed by atoms with E-state index in [0.717, 1.165) is 11.1 Å². The number of ether oxygens (including phenoxy) is 2. The highest BCUT2D eigenvalue weighted by molar-refractivity contribution is 7.89. The van der Waals surface area contributed by atoms with Crippen LogP contribution in [0.4, 0.5) is 0 Å². The molecule has 3 N–H and O–H groups in total. The lowest BCUT2D eigenvalue weighted by Crippen LogP contribution is -2.28. The number of carbonyl (C=O) groups is 1. The van der Waals surface area contributed by atoms with Gasteiger partial charge in [0.05, 0.1) is 31.6 Å². The highest BCUT2D eigenvalue weighted by Gasteiger charge is 2.14. The molecule has 0 aromatic heterocycles.